The normalized spacial score (nSPS) is 14.3. The third-order valence-electron chi connectivity index (χ3n) is 2.55. The molecule has 2 rings (SSSR count). The van der Waals surface area contributed by atoms with Crippen LogP contribution in [0, 0.1) is 11.7 Å². The van der Waals surface area contributed by atoms with E-state index in [4.69, 9.17) is 4.74 Å². The number of benzene rings is 1. The summed E-state index contributed by atoms with van der Waals surface area (Å²) in [5.74, 6) is 1.28. The van der Waals surface area contributed by atoms with Crippen molar-refractivity contribution in [3.63, 3.8) is 0 Å². The highest BCUT2D eigenvalue weighted by molar-refractivity contribution is 5.43. The lowest BCUT2D eigenvalue weighted by atomic mass is 9.96. The van der Waals surface area contributed by atoms with Crippen molar-refractivity contribution in [3.8, 4) is 5.75 Å². The molecule has 0 N–H and O–H groups in total. The molecule has 1 aliphatic heterocycles. The SMILES string of the molecule is CC(C)Cc1c(F)ccc2c1CCO2. The van der Waals surface area contributed by atoms with Crippen LogP contribution in [-0.4, -0.2) is 6.61 Å². The number of ether oxygens (including phenoxy) is 1. The maximum absolute atomic E-state index is 13.5. The fourth-order valence-electron chi connectivity index (χ4n) is 1.94. The van der Waals surface area contributed by atoms with Crippen LogP contribution < -0.4 is 4.74 Å². The minimum Gasteiger partial charge on any atom is -0.493 e. The lowest BCUT2D eigenvalue weighted by molar-refractivity contribution is 0.356. The second-order valence-electron chi connectivity index (χ2n) is 4.20. The van der Waals surface area contributed by atoms with Crippen LogP contribution in [0.15, 0.2) is 12.1 Å². The van der Waals surface area contributed by atoms with E-state index in [1.54, 1.807) is 6.07 Å². The molecule has 2 heteroatoms. The third-order valence-corrected chi connectivity index (χ3v) is 2.55. The standard InChI is InChI=1S/C12H15FO/c1-8(2)7-10-9-5-6-14-12(9)4-3-11(10)13/h3-4,8H,5-7H2,1-2H3. The Hall–Kier alpha value is -1.05. The van der Waals surface area contributed by atoms with Crippen molar-refractivity contribution in [2.75, 3.05) is 6.61 Å². The van der Waals surface area contributed by atoms with Crippen LogP contribution >= 0.6 is 0 Å². The van der Waals surface area contributed by atoms with E-state index in [9.17, 15) is 4.39 Å². The van der Waals surface area contributed by atoms with Gasteiger partial charge in [-0.15, -0.1) is 0 Å². The number of hydrogen-bond donors (Lipinski definition) is 0. The molecule has 0 saturated carbocycles. The van der Waals surface area contributed by atoms with Crippen LogP contribution in [0.3, 0.4) is 0 Å². The second-order valence-corrected chi connectivity index (χ2v) is 4.20. The molecule has 0 atom stereocenters. The van der Waals surface area contributed by atoms with Crippen molar-refractivity contribution in [2.24, 2.45) is 5.92 Å². The largest absolute Gasteiger partial charge is 0.493 e. The molecule has 0 aromatic heterocycles. The Balaban J connectivity index is 2.41. The van der Waals surface area contributed by atoms with Crippen LogP contribution in [-0.2, 0) is 12.8 Å². The smallest absolute Gasteiger partial charge is 0.126 e. The van der Waals surface area contributed by atoms with Crippen molar-refractivity contribution in [2.45, 2.75) is 26.7 Å². The van der Waals surface area contributed by atoms with Crippen LogP contribution in [0.4, 0.5) is 4.39 Å². The van der Waals surface area contributed by atoms with Gasteiger partial charge in [-0.05, 0) is 30.0 Å². The van der Waals surface area contributed by atoms with Gasteiger partial charge >= 0.3 is 0 Å². The average molecular weight is 194 g/mol. The lowest BCUT2D eigenvalue weighted by Crippen LogP contribution is -2.01. The van der Waals surface area contributed by atoms with Gasteiger partial charge in [-0.1, -0.05) is 13.8 Å². The van der Waals surface area contributed by atoms with E-state index >= 15 is 0 Å². The molecule has 0 fully saturated rings. The van der Waals surface area contributed by atoms with E-state index in [-0.39, 0.29) is 5.82 Å². The summed E-state index contributed by atoms with van der Waals surface area (Å²) in [6.45, 7) is 4.91. The van der Waals surface area contributed by atoms with Crippen LogP contribution in [0.1, 0.15) is 25.0 Å². The van der Waals surface area contributed by atoms with Crippen molar-refractivity contribution >= 4 is 0 Å². The van der Waals surface area contributed by atoms with E-state index in [0.29, 0.717) is 12.5 Å². The van der Waals surface area contributed by atoms with E-state index in [1.165, 1.54) is 6.07 Å². The summed E-state index contributed by atoms with van der Waals surface area (Å²) in [5, 5.41) is 0. The first-order valence-corrected chi connectivity index (χ1v) is 5.11. The number of halogens is 1. The summed E-state index contributed by atoms with van der Waals surface area (Å²) in [5.41, 5.74) is 1.94. The molecule has 1 aromatic carbocycles. The Morgan fingerprint density at radius 3 is 2.93 bits per heavy atom. The molecule has 1 aliphatic rings. The third kappa shape index (κ3) is 1.61. The van der Waals surface area contributed by atoms with E-state index in [2.05, 4.69) is 13.8 Å². The van der Waals surface area contributed by atoms with Crippen molar-refractivity contribution in [1.82, 2.24) is 0 Å². The highest BCUT2D eigenvalue weighted by atomic mass is 19.1. The number of fused-ring (bicyclic) bond motifs is 1. The average Bonchev–Trinajstić information content (AvgIpc) is 2.57. The quantitative estimate of drug-likeness (QED) is 0.703. The number of rotatable bonds is 2. The molecule has 0 spiro atoms. The Kier molecular flexibility index (Phi) is 2.44. The van der Waals surface area contributed by atoms with E-state index < -0.39 is 0 Å². The minimum atomic E-state index is -0.0806. The molecular weight excluding hydrogens is 179 g/mol. The zero-order valence-corrected chi connectivity index (χ0v) is 8.64. The van der Waals surface area contributed by atoms with Crippen LogP contribution in [0.2, 0.25) is 0 Å². The maximum Gasteiger partial charge on any atom is 0.126 e. The summed E-state index contributed by atoms with van der Waals surface area (Å²) in [6, 6.07) is 3.25. The van der Waals surface area contributed by atoms with Gasteiger partial charge in [0.15, 0.2) is 0 Å². The molecule has 1 aromatic rings. The van der Waals surface area contributed by atoms with Gasteiger partial charge in [0.05, 0.1) is 6.61 Å². The molecule has 0 aliphatic carbocycles. The Labute approximate surface area is 83.9 Å². The fraction of sp³-hybridized carbons (Fsp3) is 0.500. The Bertz CT molecular complexity index is 344. The van der Waals surface area contributed by atoms with Gasteiger partial charge in [0.2, 0.25) is 0 Å². The monoisotopic (exact) mass is 194 g/mol. The predicted molar refractivity (Wildman–Crippen MR) is 54.1 cm³/mol. The van der Waals surface area contributed by atoms with Crippen molar-refractivity contribution < 1.29 is 9.13 Å². The lowest BCUT2D eigenvalue weighted by Gasteiger charge is -2.10. The molecule has 0 bridgehead atoms. The first kappa shape index (κ1) is 9.50. The molecule has 76 valence electrons. The van der Waals surface area contributed by atoms with Gasteiger partial charge in [0.1, 0.15) is 11.6 Å². The van der Waals surface area contributed by atoms with Crippen molar-refractivity contribution in [3.05, 3.63) is 29.1 Å². The van der Waals surface area contributed by atoms with E-state index in [1.807, 2.05) is 0 Å². The molecule has 0 amide bonds. The highest BCUT2D eigenvalue weighted by Crippen LogP contribution is 2.31. The van der Waals surface area contributed by atoms with Crippen LogP contribution in [0.5, 0.6) is 5.75 Å². The van der Waals surface area contributed by atoms with E-state index in [0.717, 1.165) is 29.7 Å². The fourth-order valence-corrected chi connectivity index (χ4v) is 1.94. The zero-order chi connectivity index (χ0) is 10.1. The minimum absolute atomic E-state index is 0.0806. The summed E-state index contributed by atoms with van der Waals surface area (Å²) < 4.78 is 19.0. The summed E-state index contributed by atoms with van der Waals surface area (Å²) in [7, 11) is 0. The van der Waals surface area contributed by atoms with Gasteiger partial charge in [-0.3, -0.25) is 0 Å². The first-order chi connectivity index (χ1) is 6.68. The zero-order valence-electron chi connectivity index (χ0n) is 8.64. The molecule has 14 heavy (non-hydrogen) atoms. The molecule has 1 heterocycles. The summed E-state index contributed by atoms with van der Waals surface area (Å²) >= 11 is 0. The van der Waals surface area contributed by atoms with Crippen LogP contribution in [0.25, 0.3) is 0 Å². The van der Waals surface area contributed by atoms with Gasteiger partial charge < -0.3 is 4.74 Å². The van der Waals surface area contributed by atoms with Crippen molar-refractivity contribution in [1.29, 1.82) is 0 Å². The van der Waals surface area contributed by atoms with Gasteiger partial charge in [0.25, 0.3) is 0 Å². The molecule has 0 saturated heterocycles. The van der Waals surface area contributed by atoms with Gasteiger partial charge in [0, 0.05) is 12.0 Å². The molecule has 0 unspecified atom stereocenters. The highest BCUT2D eigenvalue weighted by Gasteiger charge is 2.19. The van der Waals surface area contributed by atoms with Gasteiger partial charge in [-0.2, -0.15) is 0 Å². The first-order valence-electron chi connectivity index (χ1n) is 5.11. The van der Waals surface area contributed by atoms with Gasteiger partial charge in [-0.25, -0.2) is 4.39 Å². The number of hydrogen-bond acceptors (Lipinski definition) is 1. The summed E-state index contributed by atoms with van der Waals surface area (Å²) in [6.07, 6.45) is 1.66. The predicted octanol–water partition coefficient (Wildman–Crippen LogP) is 2.96. The molecule has 0 radical (unpaired) electrons. The molecular formula is C12H15FO. The summed E-state index contributed by atoms with van der Waals surface area (Å²) in [4.78, 5) is 0. The maximum atomic E-state index is 13.5. The second kappa shape index (κ2) is 3.60. The topological polar surface area (TPSA) is 9.23 Å². The Morgan fingerprint density at radius 1 is 1.43 bits per heavy atom. The Morgan fingerprint density at radius 2 is 2.21 bits per heavy atom. The molecule has 1 nitrogen and oxygen atoms in total.